The van der Waals surface area contributed by atoms with E-state index < -0.39 is 0 Å². The van der Waals surface area contributed by atoms with Gasteiger partial charge in [-0.2, -0.15) is 0 Å². The molecule has 1 N–H and O–H groups in total. The predicted molar refractivity (Wildman–Crippen MR) is 65.0 cm³/mol. The summed E-state index contributed by atoms with van der Waals surface area (Å²) in [6.07, 6.45) is 0.727. The minimum atomic E-state index is -0.252. The fourth-order valence-electron chi connectivity index (χ4n) is 1.42. The Morgan fingerprint density at radius 2 is 2.06 bits per heavy atom. The lowest BCUT2D eigenvalue weighted by atomic mass is 10.2. The van der Waals surface area contributed by atoms with Gasteiger partial charge in [0.25, 0.3) is 5.91 Å². The first-order valence-electron chi connectivity index (χ1n) is 5.52. The highest BCUT2D eigenvalue weighted by Crippen LogP contribution is 2.11. The van der Waals surface area contributed by atoms with Crippen LogP contribution in [0.5, 0.6) is 0 Å². The third-order valence-electron chi connectivity index (χ3n) is 2.45. The number of nitrogens with one attached hydrogen (secondary N) is 1. The van der Waals surface area contributed by atoms with Crippen LogP contribution in [0.4, 0.5) is 5.69 Å². The van der Waals surface area contributed by atoms with E-state index in [1.165, 1.54) is 0 Å². The second-order valence-electron chi connectivity index (χ2n) is 3.85. The van der Waals surface area contributed by atoms with Crippen LogP contribution < -0.4 is 5.32 Å². The normalized spacial score (nSPS) is 10.2. The summed E-state index contributed by atoms with van der Waals surface area (Å²) in [5.74, 6) is 0.455. The monoisotopic (exact) mass is 230 g/mol. The average molecular weight is 230 g/mol. The molecule has 0 fully saturated rings. The van der Waals surface area contributed by atoms with Crippen LogP contribution in [0.2, 0.25) is 0 Å². The van der Waals surface area contributed by atoms with Crippen LogP contribution in [-0.2, 0) is 6.42 Å². The van der Waals surface area contributed by atoms with Gasteiger partial charge in [-0.25, -0.2) is 0 Å². The lowest BCUT2D eigenvalue weighted by Crippen LogP contribution is -2.12. The number of hydrogen-bond donors (Lipinski definition) is 1. The Morgan fingerprint density at radius 3 is 2.65 bits per heavy atom. The fourth-order valence-corrected chi connectivity index (χ4v) is 1.42. The molecule has 0 radical (unpaired) electrons. The van der Waals surface area contributed by atoms with Gasteiger partial charge in [-0.3, -0.25) is 4.79 Å². The first-order valence-corrected chi connectivity index (χ1v) is 5.52. The minimum absolute atomic E-state index is 0.252. The second-order valence-corrected chi connectivity index (χ2v) is 3.85. The molecule has 1 aromatic heterocycles. The van der Waals surface area contributed by atoms with Gasteiger partial charge in [-0.05, 0) is 19.1 Å². The molecule has 0 aliphatic heterocycles. The predicted octanol–water partition coefficient (Wildman–Crippen LogP) is 2.80. The molecule has 2 rings (SSSR count). The van der Waals surface area contributed by atoms with E-state index in [1.54, 1.807) is 6.07 Å². The van der Waals surface area contributed by atoms with E-state index in [9.17, 15) is 4.79 Å². The quantitative estimate of drug-likeness (QED) is 0.882. The Morgan fingerprint density at radius 1 is 1.35 bits per heavy atom. The molecule has 17 heavy (non-hydrogen) atoms. The molecular formula is C13H14N2O2. The number of carbonyl (C=O) groups excluding carboxylic acids is 1. The van der Waals surface area contributed by atoms with Crippen molar-refractivity contribution in [2.24, 2.45) is 0 Å². The molecule has 0 spiro atoms. The number of amides is 1. The van der Waals surface area contributed by atoms with Gasteiger partial charge in [0.15, 0.2) is 5.69 Å². The number of aromatic nitrogens is 1. The Bertz CT molecular complexity index is 514. The van der Waals surface area contributed by atoms with Crippen LogP contribution in [0.1, 0.15) is 28.7 Å². The molecule has 2 aromatic rings. The van der Waals surface area contributed by atoms with Crippen molar-refractivity contribution < 1.29 is 9.32 Å². The zero-order valence-corrected chi connectivity index (χ0v) is 9.86. The molecule has 0 saturated heterocycles. The number of carbonyl (C=O) groups is 1. The molecule has 88 valence electrons. The van der Waals surface area contributed by atoms with Crippen molar-refractivity contribution in [3.05, 3.63) is 47.3 Å². The zero-order valence-electron chi connectivity index (χ0n) is 9.86. The van der Waals surface area contributed by atoms with Gasteiger partial charge in [-0.15, -0.1) is 0 Å². The molecule has 4 nitrogen and oxygen atoms in total. The second kappa shape index (κ2) is 4.82. The van der Waals surface area contributed by atoms with E-state index in [-0.39, 0.29) is 5.91 Å². The summed E-state index contributed by atoms with van der Waals surface area (Å²) in [7, 11) is 0. The molecule has 0 aliphatic carbocycles. The summed E-state index contributed by atoms with van der Waals surface area (Å²) in [6.45, 7) is 3.94. The van der Waals surface area contributed by atoms with Crippen LogP contribution in [-0.4, -0.2) is 11.1 Å². The van der Waals surface area contributed by atoms with E-state index in [0.29, 0.717) is 11.5 Å². The molecule has 0 atom stereocenters. The van der Waals surface area contributed by atoms with Crippen LogP contribution in [0.15, 0.2) is 34.9 Å². The number of nitrogens with zero attached hydrogens (tertiary/aromatic N) is 1. The number of aryl methyl sites for hydroxylation is 2. The van der Waals surface area contributed by atoms with Crippen molar-refractivity contribution >= 4 is 11.6 Å². The first kappa shape index (κ1) is 11.4. The molecule has 0 aliphatic rings. The molecule has 4 heteroatoms. The van der Waals surface area contributed by atoms with E-state index in [1.807, 2.05) is 38.1 Å². The van der Waals surface area contributed by atoms with E-state index in [4.69, 9.17) is 4.52 Å². The maximum Gasteiger partial charge on any atom is 0.277 e. The van der Waals surface area contributed by atoms with Gasteiger partial charge in [0.2, 0.25) is 0 Å². The number of anilines is 1. The van der Waals surface area contributed by atoms with Gasteiger partial charge in [0, 0.05) is 18.2 Å². The molecule has 1 aromatic carbocycles. The highest BCUT2D eigenvalue weighted by atomic mass is 16.5. The number of hydrogen-bond acceptors (Lipinski definition) is 3. The molecular weight excluding hydrogens is 216 g/mol. The lowest BCUT2D eigenvalue weighted by Gasteiger charge is -2.02. The van der Waals surface area contributed by atoms with Gasteiger partial charge in [0.1, 0.15) is 5.76 Å². The SMILES string of the molecule is CCc1cc(C(=O)Nc2ccc(C)cc2)no1. The topological polar surface area (TPSA) is 55.1 Å². The van der Waals surface area contributed by atoms with Crippen LogP contribution in [0.3, 0.4) is 0 Å². The van der Waals surface area contributed by atoms with E-state index >= 15 is 0 Å². The summed E-state index contributed by atoms with van der Waals surface area (Å²) in [4.78, 5) is 11.8. The van der Waals surface area contributed by atoms with Crippen LogP contribution >= 0.6 is 0 Å². The molecule has 1 heterocycles. The summed E-state index contributed by atoms with van der Waals surface area (Å²) in [5, 5.41) is 6.48. The smallest absolute Gasteiger partial charge is 0.277 e. The summed E-state index contributed by atoms with van der Waals surface area (Å²) in [5.41, 5.74) is 2.21. The Balaban J connectivity index is 2.08. The summed E-state index contributed by atoms with van der Waals surface area (Å²) in [6, 6.07) is 9.25. The highest BCUT2D eigenvalue weighted by Gasteiger charge is 2.11. The molecule has 0 unspecified atom stereocenters. The largest absolute Gasteiger partial charge is 0.361 e. The van der Waals surface area contributed by atoms with Gasteiger partial charge >= 0.3 is 0 Å². The number of rotatable bonds is 3. The molecule has 1 amide bonds. The van der Waals surface area contributed by atoms with Gasteiger partial charge in [-0.1, -0.05) is 29.8 Å². The Kier molecular flexibility index (Phi) is 3.23. The van der Waals surface area contributed by atoms with Crippen molar-refractivity contribution in [2.75, 3.05) is 5.32 Å². The maximum atomic E-state index is 11.8. The lowest BCUT2D eigenvalue weighted by molar-refractivity contribution is 0.101. The Hall–Kier alpha value is -2.10. The molecule has 0 saturated carbocycles. The maximum absolute atomic E-state index is 11.8. The van der Waals surface area contributed by atoms with E-state index in [0.717, 1.165) is 17.7 Å². The van der Waals surface area contributed by atoms with Gasteiger partial charge < -0.3 is 9.84 Å². The van der Waals surface area contributed by atoms with Crippen LogP contribution in [0.25, 0.3) is 0 Å². The third-order valence-corrected chi connectivity index (χ3v) is 2.45. The van der Waals surface area contributed by atoms with Crippen molar-refractivity contribution in [2.45, 2.75) is 20.3 Å². The van der Waals surface area contributed by atoms with Crippen LogP contribution in [0, 0.1) is 6.92 Å². The summed E-state index contributed by atoms with van der Waals surface area (Å²) < 4.78 is 4.98. The Labute approximate surface area is 99.6 Å². The average Bonchev–Trinajstić information content (AvgIpc) is 2.81. The van der Waals surface area contributed by atoms with Crippen molar-refractivity contribution in [3.63, 3.8) is 0 Å². The number of benzene rings is 1. The molecule has 0 bridgehead atoms. The van der Waals surface area contributed by atoms with E-state index in [2.05, 4.69) is 10.5 Å². The first-order chi connectivity index (χ1) is 8.19. The van der Waals surface area contributed by atoms with Gasteiger partial charge in [0.05, 0.1) is 0 Å². The standard InChI is InChI=1S/C13H14N2O2/c1-3-11-8-12(15-17-11)13(16)14-10-6-4-9(2)5-7-10/h4-8H,3H2,1-2H3,(H,14,16). The fraction of sp³-hybridized carbons (Fsp3) is 0.231. The zero-order chi connectivity index (χ0) is 12.3. The van der Waals surface area contributed by atoms with Crippen molar-refractivity contribution in [1.82, 2.24) is 5.16 Å². The van der Waals surface area contributed by atoms with Crippen molar-refractivity contribution in [1.29, 1.82) is 0 Å². The van der Waals surface area contributed by atoms with Crippen molar-refractivity contribution in [3.8, 4) is 0 Å². The highest BCUT2D eigenvalue weighted by molar-refractivity contribution is 6.02. The summed E-state index contributed by atoms with van der Waals surface area (Å²) >= 11 is 0. The third kappa shape index (κ3) is 2.72. The minimum Gasteiger partial charge on any atom is -0.361 e.